The maximum absolute atomic E-state index is 13.0. The van der Waals surface area contributed by atoms with Crippen molar-refractivity contribution in [2.75, 3.05) is 0 Å². The van der Waals surface area contributed by atoms with E-state index >= 15 is 0 Å². The lowest BCUT2D eigenvalue weighted by Gasteiger charge is -2.08. The average Bonchev–Trinajstić information content (AvgIpc) is 3.44. The third-order valence-electron chi connectivity index (χ3n) is 5.97. The summed E-state index contributed by atoms with van der Waals surface area (Å²) in [6.45, 7) is 0. The highest BCUT2D eigenvalue weighted by Gasteiger charge is 2.42. The molecule has 1 saturated carbocycles. The molecule has 3 N–H and O–H groups in total. The Bertz CT molecular complexity index is 1460. The lowest BCUT2D eigenvalue weighted by Crippen LogP contribution is -2.15. The highest BCUT2D eigenvalue weighted by Crippen LogP contribution is 2.54. The summed E-state index contributed by atoms with van der Waals surface area (Å²) in [5, 5.41) is 5.24. The van der Waals surface area contributed by atoms with Crippen LogP contribution in [0.25, 0.3) is 22.2 Å². The Balaban J connectivity index is 1.43. The molecule has 170 valence electrons. The largest absolute Gasteiger partial charge is 0.416 e. The molecule has 3 aromatic carbocycles. The van der Waals surface area contributed by atoms with Gasteiger partial charge in [-0.1, -0.05) is 48.5 Å². The molecule has 5 nitrogen and oxygen atoms in total. The molecular weight excluding hydrogens is 451 g/mol. The molecule has 1 heterocycles. The van der Waals surface area contributed by atoms with E-state index in [2.05, 4.69) is 9.97 Å². The Morgan fingerprint density at radius 2 is 1.79 bits per heavy atom. The smallest absolute Gasteiger partial charge is 0.342 e. The Morgan fingerprint density at radius 1 is 1.00 bits per heavy atom. The summed E-state index contributed by atoms with van der Waals surface area (Å²) in [4.78, 5) is 7.95. The molecule has 5 rings (SSSR count). The van der Waals surface area contributed by atoms with Crippen LogP contribution >= 0.6 is 0 Å². The molecule has 0 spiro atoms. The molecule has 1 aromatic heterocycles. The van der Waals surface area contributed by atoms with Crippen LogP contribution < -0.4 is 5.14 Å². The summed E-state index contributed by atoms with van der Waals surface area (Å²) in [7, 11) is -3.68. The molecule has 1 aliphatic carbocycles. The van der Waals surface area contributed by atoms with Gasteiger partial charge < -0.3 is 4.98 Å². The van der Waals surface area contributed by atoms with E-state index in [1.54, 1.807) is 18.2 Å². The van der Waals surface area contributed by atoms with Crippen molar-refractivity contribution in [1.29, 1.82) is 0 Å². The number of nitrogens with zero attached hydrogens (tertiary/aromatic N) is 1. The first-order chi connectivity index (χ1) is 15.6. The Kier molecular flexibility index (Phi) is 5.06. The van der Waals surface area contributed by atoms with E-state index < -0.39 is 21.8 Å². The normalized spacial score (nSPS) is 18.5. The quantitative estimate of drug-likeness (QED) is 0.414. The second-order valence-electron chi connectivity index (χ2n) is 8.39. The standard InChI is InChI=1S/C24H20F3N3O2S/c25-24(26,27)17-6-3-5-14(10-17)19-12-20(19)23-29-21-9-8-15(11-22(21)30-23)18-7-2-1-4-16(18)13-33(28,31)32/h1-11,19-20H,12-13H2,(H,29,30)(H2,28,31,32). The number of primary sulfonamides is 1. The molecule has 0 amide bonds. The van der Waals surface area contributed by atoms with E-state index in [1.165, 1.54) is 12.1 Å². The van der Waals surface area contributed by atoms with Crippen LogP contribution in [0.4, 0.5) is 13.2 Å². The number of hydrogen-bond donors (Lipinski definition) is 2. The van der Waals surface area contributed by atoms with Crippen LogP contribution in [0.1, 0.15) is 40.8 Å². The van der Waals surface area contributed by atoms with E-state index in [1.807, 2.05) is 30.3 Å². The first-order valence-corrected chi connectivity index (χ1v) is 12.1. The number of sulfonamides is 1. The van der Waals surface area contributed by atoms with Gasteiger partial charge in [0.2, 0.25) is 10.0 Å². The molecule has 1 aliphatic rings. The number of halogens is 3. The Morgan fingerprint density at radius 3 is 2.55 bits per heavy atom. The molecule has 4 aromatic rings. The fraction of sp³-hybridized carbons (Fsp3) is 0.208. The van der Waals surface area contributed by atoms with Crippen molar-refractivity contribution in [2.45, 2.75) is 30.2 Å². The summed E-state index contributed by atoms with van der Waals surface area (Å²) >= 11 is 0. The molecule has 0 saturated heterocycles. The summed E-state index contributed by atoms with van der Waals surface area (Å²) in [5.74, 6) is 0.486. The molecule has 0 radical (unpaired) electrons. The predicted octanol–water partition coefficient (Wildman–Crippen LogP) is 5.31. The molecule has 1 fully saturated rings. The van der Waals surface area contributed by atoms with Gasteiger partial charge in [-0.05, 0) is 52.8 Å². The highest BCUT2D eigenvalue weighted by atomic mass is 32.2. The van der Waals surface area contributed by atoms with Gasteiger partial charge >= 0.3 is 6.18 Å². The first-order valence-electron chi connectivity index (χ1n) is 10.3. The van der Waals surface area contributed by atoms with Crippen LogP contribution in [-0.2, 0) is 22.0 Å². The van der Waals surface area contributed by atoms with Crippen LogP contribution in [0.5, 0.6) is 0 Å². The van der Waals surface area contributed by atoms with Crippen molar-refractivity contribution < 1.29 is 21.6 Å². The van der Waals surface area contributed by atoms with Gasteiger partial charge in [-0.2, -0.15) is 13.2 Å². The summed E-state index contributed by atoms with van der Waals surface area (Å²) in [6, 6.07) is 18.2. The SMILES string of the molecule is NS(=O)(=O)Cc1ccccc1-c1ccc2nc(C3CC3c3cccc(C(F)(F)F)c3)[nH]c2c1. The van der Waals surface area contributed by atoms with Gasteiger partial charge in [-0.25, -0.2) is 18.5 Å². The predicted molar refractivity (Wildman–Crippen MR) is 120 cm³/mol. The zero-order chi connectivity index (χ0) is 23.4. The van der Waals surface area contributed by atoms with E-state index in [0.717, 1.165) is 40.5 Å². The number of fused-ring (bicyclic) bond motifs is 1. The number of benzene rings is 3. The topological polar surface area (TPSA) is 88.8 Å². The molecule has 9 heteroatoms. The number of hydrogen-bond acceptors (Lipinski definition) is 3. The van der Waals surface area contributed by atoms with E-state index in [-0.39, 0.29) is 17.6 Å². The Labute approximate surface area is 188 Å². The molecular formula is C24H20F3N3O2S. The zero-order valence-electron chi connectivity index (χ0n) is 17.3. The summed E-state index contributed by atoms with van der Waals surface area (Å²) in [6.07, 6.45) is -3.64. The van der Waals surface area contributed by atoms with Crippen molar-refractivity contribution in [3.63, 3.8) is 0 Å². The van der Waals surface area contributed by atoms with Gasteiger partial charge in [0.1, 0.15) is 5.82 Å². The number of rotatable bonds is 5. The van der Waals surface area contributed by atoms with Crippen LogP contribution in [0.2, 0.25) is 0 Å². The van der Waals surface area contributed by atoms with E-state index in [4.69, 9.17) is 5.14 Å². The number of nitrogens with one attached hydrogen (secondary N) is 1. The first kappa shape index (κ1) is 21.7. The molecule has 33 heavy (non-hydrogen) atoms. The van der Waals surface area contributed by atoms with E-state index in [9.17, 15) is 21.6 Å². The number of aromatic amines is 1. The molecule has 2 atom stereocenters. The number of alkyl halides is 3. The lowest BCUT2D eigenvalue weighted by atomic mass is 10.0. The van der Waals surface area contributed by atoms with Crippen LogP contribution in [0.3, 0.4) is 0 Å². The minimum atomic E-state index is -4.37. The van der Waals surface area contributed by atoms with E-state index in [0.29, 0.717) is 11.1 Å². The second kappa shape index (κ2) is 7.71. The lowest BCUT2D eigenvalue weighted by molar-refractivity contribution is -0.137. The van der Waals surface area contributed by atoms with Gasteiger partial charge in [0.15, 0.2) is 0 Å². The van der Waals surface area contributed by atoms with Crippen LogP contribution in [0.15, 0.2) is 66.7 Å². The Hall–Kier alpha value is -3.17. The van der Waals surface area contributed by atoms with Crippen molar-refractivity contribution in [3.05, 3.63) is 89.2 Å². The summed E-state index contributed by atoms with van der Waals surface area (Å²) < 4.78 is 62.4. The molecule has 0 aliphatic heterocycles. The maximum Gasteiger partial charge on any atom is 0.416 e. The van der Waals surface area contributed by atoms with Crippen LogP contribution in [0, 0.1) is 0 Å². The van der Waals surface area contributed by atoms with Gasteiger partial charge in [0.05, 0.1) is 22.3 Å². The number of imidazole rings is 1. The van der Waals surface area contributed by atoms with Gasteiger partial charge in [-0.3, -0.25) is 0 Å². The summed E-state index contributed by atoms with van der Waals surface area (Å²) in [5.41, 5.74) is 3.73. The fourth-order valence-corrected chi connectivity index (χ4v) is 5.01. The number of aromatic nitrogens is 2. The monoisotopic (exact) mass is 471 g/mol. The molecule has 0 bridgehead atoms. The van der Waals surface area contributed by atoms with Gasteiger partial charge in [-0.15, -0.1) is 0 Å². The van der Waals surface area contributed by atoms with Gasteiger partial charge in [0, 0.05) is 5.92 Å². The average molecular weight is 472 g/mol. The van der Waals surface area contributed by atoms with Gasteiger partial charge in [0.25, 0.3) is 0 Å². The van der Waals surface area contributed by atoms with Crippen molar-refractivity contribution in [1.82, 2.24) is 9.97 Å². The van der Waals surface area contributed by atoms with Crippen LogP contribution in [-0.4, -0.2) is 18.4 Å². The number of H-pyrrole nitrogens is 1. The van der Waals surface area contributed by atoms with Crippen molar-refractivity contribution in [3.8, 4) is 11.1 Å². The minimum absolute atomic E-state index is 0.0113. The third-order valence-corrected chi connectivity index (χ3v) is 6.68. The van der Waals surface area contributed by atoms with Crippen molar-refractivity contribution >= 4 is 21.1 Å². The highest BCUT2D eigenvalue weighted by molar-refractivity contribution is 7.88. The second-order valence-corrected chi connectivity index (χ2v) is 10.0. The minimum Gasteiger partial charge on any atom is -0.342 e. The van der Waals surface area contributed by atoms with Crippen molar-refractivity contribution in [2.24, 2.45) is 5.14 Å². The number of nitrogens with two attached hydrogens (primary N) is 1. The third kappa shape index (κ3) is 4.51. The fourth-order valence-electron chi connectivity index (χ4n) is 4.33. The molecule has 2 unspecified atom stereocenters. The maximum atomic E-state index is 13.0. The zero-order valence-corrected chi connectivity index (χ0v) is 18.1.